The van der Waals surface area contributed by atoms with Crippen molar-refractivity contribution in [2.75, 3.05) is 45.6 Å². The molecule has 1 fully saturated rings. The van der Waals surface area contributed by atoms with Crippen molar-refractivity contribution in [3.05, 3.63) is 83.4 Å². The molecule has 2 amide bonds. The number of fused-ring (bicyclic) bond motifs is 1. The lowest BCUT2D eigenvalue weighted by atomic mass is 9.88. The van der Waals surface area contributed by atoms with E-state index in [1.165, 1.54) is 45.5 Å². The second-order valence-corrected chi connectivity index (χ2v) is 11.4. The van der Waals surface area contributed by atoms with Gasteiger partial charge in [-0.1, -0.05) is 30.8 Å². The van der Waals surface area contributed by atoms with Gasteiger partial charge in [0.05, 0.1) is 40.2 Å². The molecule has 0 aliphatic carbocycles. The van der Waals surface area contributed by atoms with Crippen LogP contribution in [0.2, 0.25) is 0 Å². The summed E-state index contributed by atoms with van der Waals surface area (Å²) in [5.41, 5.74) is 1.94. The number of aliphatic hydroxyl groups is 1. The van der Waals surface area contributed by atoms with Crippen LogP contribution in [0.3, 0.4) is 0 Å². The Kier molecular flexibility index (Phi) is 7.95. The lowest BCUT2D eigenvalue weighted by molar-refractivity contribution is -0.119. The highest BCUT2D eigenvalue weighted by Gasteiger charge is 2.44. The molecule has 0 aromatic heterocycles. The molecule has 2 atom stereocenters. The quantitative estimate of drug-likeness (QED) is 0.195. The molecule has 3 aromatic carbocycles. The molecule has 1 saturated heterocycles. The van der Waals surface area contributed by atoms with Crippen LogP contribution < -0.4 is 28.0 Å². The summed E-state index contributed by atoms with van der Waals surface area (Å²) in [4.78, 5) is 28.2. The molecule has 226 valence electrons. The first-order chi connectivity index (χ1) is 20.5. The highest BCUT2D eigenvalue weighted by molar-refractivity contribution is 7.87. The topological polar surface area (TPSA) is 141 Å². The van der Waals surface area contributed by atoms with Crippen LogP contribution in [-0.2, 0) is 14.9 Å². The fourth-order valence-electron chi connectivity index (χ4n) is 5.19. The average molecular weight is 611 g/mol. The van der Waals surface area contributed by atoms with Gasteiger partial charge >= 0.3 is 10.1 Å². The van der Waals surface area contributed by atoms with Crippen LogP contribution >= 0.6 is 0 Å². The number of hydrogen-bond acceptors (Lipinski definition) is 10. The van der Waals surface area contributed by atoms with E-state index in [2.05, 4.69) is 6.58 Å². The number of aliphatic hydroxyl groups excluding tert-OH is 1. The molecule has 13 heteroatoms. The van der Waals surface area contributed by atoms with Crippen molar-refractivity contribution in [1.29, 1.82) is 0 Å². The smallest absolute Gasteiger partial charge is 0.311 e. The first-order valence-electron chi connectivity index (χ1n) is 13.1. The number of carbonyl (C=O) groups excluding carboxylic acids is 2. The Morgan fingerprint density at radius 3 is 2.09 bits per heavy atom. The number of amides is 2. The number of anilines is 1. The minimum absolute atomic E-state index is 0.117. The van der Waals surface area contributed by atoms with E-state index in [0.29, 0.717) is 39.6 Å². The summed E-state index contributed by atoms with van der Waals surface area (Å²) >= 11 is 0. The molecular formula is C30H30N2O10S. The second-order valence-electron chi connectivity index (χ2n) is 9.70. The summed E-state index contributed by atoms with van der Waals surface area (Å²) in [5.74, 6) is -0.358. The molecule has 2 aliphatic rings. The first kappa shape index (κ1) is 29.7. The monoisotopic (exact) mass is 610 g/mol. The van der Waals surface area contributed by atoms with E-state index in [1.807, 2.05) is 0 Å². The number of rotatable bonds is 11. The van der Waals surface area contributed by atoms with Gasteiger partial charge in [-0.05, 0) is 23.8 Å². The predicted octanol–water partition coefficient (Wildman–Crippen LogP) is 3.22. The van der Waals surface area contributed by atoms with E-state index < -0.39 is 34.0 Å². The highest BCUT2D eigenvalue weighted by Crippen LogP contribution is 2.48. The minimum atomic E-state index is -4.27. The summed E-state index contributed by atoms with van der Waals surface area (Å²) in [6.45, 7) is 3.61. The zero-order valence-corrected chi connectivity index (χ0v) is 24.7. The Morgan fingerprint density at radius 2 is 1.49 bits per heavy atom. The van der Waals surface area contributed by atoms with Gasteiger partial charge in [0.15, 0.2) is 29.2 Å². The molecule has 3 aromatic rings. The molecule has 43 heavy (non-hydrogen) atoms. The van der Waals surface area contributed by atoms with Crippen molar-refractivity contribution in [3.8, 4) is 28.7 Å². The van der Waals surface area contributed by atoms with Gasteiger partial charge in [-0.2, -0.15) is 8.42 Å². The summed E-state index contributed by atoms with van der Waals surface area (Å²) in [6.07, 6.45) is -1.26. The van der Waals surface area contributed by atoms with Crippen LogP contribution in [0.25, 0.3) is 0 Å². The van der Waals surface area contributed by atoms with Gasteiger partial charge < -0.3 is 33.1 Å². The number of carbonyl (C=O) groups is 2. The summed E-state index contributed by atoms with van der Waals surface area (Å²) in [6, 6.07) is 13.8. The van der Waals surface area contributed by atoms with Crippen molar-refractivity contribution in [2.24, 2.45) is 0 Å². The Balaban J connectivity index is 1.39. The van der Waals surface area contributed by atoms with Crippen LogP contribution in [0.15, 0.2) is 66.7 Å². The van der Waals surface area contributed by atoms with Crippen molar-refractivity contribution in [3.63, 3.8) is 0 Å². The number of β-lactam (4-membered cyclic amide) rings is 1. The van der Waals surface area contributed by atoms with Crippen molar-refractivity contribution in [1.82, 2.24) is 4.90 Å². The third-order valence-electron chi connectivity index (χ3n) is 7.34. The number of methoxy groups -OCH3 is 4. The first-order valence-corrected chi connectivity index (χ1v) is 14.6. The lowest BCUT2D eigenvalue weighted by Gasteiger charge is -2.42. The van der Waals surface area contributed by atoms with E-state index in [0.717, 1.165) is 4.90 Å². The van der Waals surface area contributed by atoms with Gasteiger partial charge in [-0.25, -0.2) is 0 Å². The number of ether oxygens (including phenoxy) is 4. The van der Waals surface area contributed by atoms with Gasteiger partial charge in [0.25, 0.3) is 11.8 Å². The van der Waals surface area contributed by atoms with E-state index in [9.17, 15) is 23.1 Å². The largest absolute Gasteiger partial charge is 0.493 e. The molecule has 0 bridgehead atoms. The maximum Gasteiger partial charge on any atom is 0.311 e. The van der Waals surface area contributed by atoms with Gasteiger partial charge in [0.1, 0.15) is 5.75 Å². The fourth-order valence-corrected chi connectivity index (χ4v) is 6.10. The van der Waals surface area contributed by atoms with Gasteiger partial charge in [0, 0.05) is 35.4 Å². The fraction of sp³-hybridized carbons (Fsp3) is 0.267. The van der Waals surface area contributed by atoms with Crippen molar-refractivity contribution in [2.45, 2.75) is 12.3 Å². The summed E-state index contributed by atoms with van der Waals surface area (Å²) < 4.78 is 53.1. The molecule has 0 saturated carbocycles. The molecule has 2 heterocycles. The Hall–Kier alpha value is -4.75. The second kappa shape index (κ2) is 11.5. The van der Waals surface area contributed by atoms with Crippen LogP contribution in [0, 0.1) is 0 Å². The molecule has 1 unspecified atom stereocenters. The van der Waals surface area contributed by atoms with Crippen LogP contribution in [0.5, 0.6) is 28.7 Å². The molecule has 0 spiro atoms. The van der Waals surface area contributed by atoms with Crippen LogP contribution in [0.4, 0.5) is 5.69 Å². The SMILES string of the molecule is C=C1C(=O)N(c2cc(OC)c(OC)c(OC)c2)[C@H]1c1ccc(OC)c(OS(=O)(=O)CCN2C(=O)c3ccccc3C2O)c1. The Morgan fingerprint density at radius 1 is 0.837 bits per heavy atom. The summed E-state index contributed by atoms with van der Waals surface area (Å²) in [7, 11) is 1.48. The van der Waals surface area contributed by atoms with Gasteiger partial charge in [0.2, 0.25) is 5.75 Å². The maximum atomic E-state index is 13.1. The number of nitrogens with zero attached hydrogens (tertiary/aromatic N) is 2. The molecule has 12 nitrogen and oxygen atoms in total. The predicted molar refractivity (Wildman–Crippen MR) is 155 cm³/mol. The van der Waals surface area contributed by atoms with Crippen LogP contribution in [0.1, 0.15) is 33.8 Å². The van der Waals surface area contributed by atoms with Gasteiger partial charge in [-0.15, -0.1) is 0 Å². The molecule has 2 aliphatic heterocycles. The normalized spacial score (nSPS) is 17.8. The van der Waals surface area contributed by atoms with Crippen LogP contribution in [-0.4, -0.2) is 71.0 Å². The standard InChI is InChI=1S/C30H30N2O10S/c1-17-26(32(28(17)33)19-15-24(39-3)27(41-5)25(16-19)40-4)18-10-11-22(38-2)23(14-18)42-43(36,37)13-12-31-29(34)20-8-6-7-9-21(20)30(31)35/h6-11,14-16,26,29,34H,1,12-13H2,2-5H3/t26-,29?/m1/s1. The lowest BCUT2D eigenvalue weighted by Crippen LogP contribution is -2.48. The third-order valence-corrected chi connectivity index (χ3v) is 8.45. The molecule has 5 rings (SSSR count). The Labute approximate surface area is 248 Å². The van der Waals surface area contributed by atoms with E-state index >= 15 is 0 Å². The van der Waals surface area contributed by atoms with E-state index in [1.54, 1.807) is 42.5 Å². The minimum Gasteiger partial charge on any atom is -0.493 e. The Bertz CT molecular complexity index is 1700. The number of hydrogen-bond donors (Lipinski definition) is 1. The maximum absolute atomic E-state index is 13.1. The third kappa shape index (κ3) is 5.21. The summed E-state index contributed by atoms with van der Waals surface area (Å²) in [5, 5.41) is 10.6. The zero-order valence-electron chi connectivity index (χ0n) is 23.9. The molecule has 0 radical (unpaired) electrons. The van der Waals surface area contributed by atoms with Gasteiger partial charge in [-0.3, -0.25) is 14.5 Å². The van der Waals surface area contributed by atoms with Crippen molar-refractivity contribution < 1.29 is 46.2 Å². The number of benzene rings is 3. The van der Waals surface area contributed by atoms with E-state index in [-0.39, 0.29) is 29.5 Å². The van der Waals surface area contributed by atoms with Crippen molar-refractivity contribution >= 4 is 27.6 Å². The molecular weight excluding hydrogens is 580 g/mol. The average Bonchev–Trinajstić information content (AvgIpc) is 3.25. The highest BCUT2D eigenvalue weighted by atomic mass is 32.2. The zero-order chi connectivity index (χ0) is 31.1. The molecule has 1 N–H and O–H groups in total. The van der Waals surface area contributed by atoms with E-state index in [4.69, 9.17) is 23.1 Å².